The van der Waals surface area contributed by atoms with Gasteiger partial charge in [0.25, 0.3) is 12.1 Å². The van der Waals surface area contributed by atoms with Crippen molar-refractivity contribution in [1.29, 1.82) is 0 Å². The van der Waals surface area contributed by atoms with E-state index in [1.807, 2.05) is 0 Å². The van der Waals surface area contributed by atoms with Gasteiger partial charge in [0, 0.05) is 12.3 Å². The second kappa shape index (κ2) is 5.57. The zero-order valence-electron chi connectivity index (χ0n) is 10.2. The highest BCUT2D eigenvalue weighted by Gasteiger charge is 2.24. The van der Waals surface area contributed by atoms with Gasteiger partial charge in [0.2, 0.25) is 0 Å². The number of hydrogen-bond acceptors (Lipinski definition) is 5. The minimum atomic E-state index is -3.14. The van der Waals surface area contributed by atoms with E-state index in [0.717, 1.165) is 0 Å². The van der Waals surface area contributed by atoms with E-state index in [2.05, 4.69) is 9.97 Å². The van der Waals surface area contributed by atoms with Gasteiger partial charge in [-0.05, 0) is 6.07 Å². The van der Waals surface area contributed by atoms with Crippen LogP contribution in [-0.4, -0.2) is 26.0 Å². The van der Waals surface area contributed by atoms with Crippen LogP contribution in [0.15, 0.2) is 30.5 Å². The molecule has 2 rings (SSSR count). The van der Waals surface area contributed by atoms with Gasteiger partial charge in [-0.3, -0.25) is 10.1 Å². The van der Waals surface area contributed by atoms with Crippen molar-refractivity contribution in [2.45, 2.75) is 6.43 Å². The number of hydrogen-bond donors (Lipinski definition) is 1. The number of aromatic carboxylic acids is 1. The largest absolute Gasteiger partial charge is 0.478 e. The Hall–Kier alpha value is -2.97. The highest BCUT2D eigenvalue weighted by Crippen LogP contribution is 2.29. The highest BCUT2D eigenvalue weighted by atomic mass is 19.3. The van der Waals surface area contributed by atoms with E-state index >= 15 is 0 Å². The molecule has 1 aromatic heterocycles. The molecule has 1 N–H and O–H groups in total. The predicted molar refractivity (Wildman–Crippen MR) is 66.0 cm³/mol. The number of carboxylic acids is 1. The molecule has 1 heterocycles. The smallest absolute Gasteiger partial charge is 0.339 e. The van der Waals surface area contributed by atoms with Crippen molar-refractivity contribution in [1.82, 2.24) is 9.97 Å². The maximum Gasteiger partial charge on any atom is 0.339 e. The number of para-hydroxylation sites is 1. The molecular weight excluding hydrogens is 288 g/mol. The van der Waals surface area contributed by atoms with Crippen LogP contribution in [0, 0.1) is 10.1 Å². The summed E-state index contributed by atoms with van der Waals surface area (Å²) in [4.78, 5) is 28.1. The summed E-state index contributed by atoms with van der Waals surface area (Å²) in [6.07, 6.45) is -2.43. The third-order valence-electron chi connectivity index (χ3n) is 2.60. The Labute approximate surface area is 116 Å². The molecule has 0 spiro atoms. The van der Waals surface area contributed by atoms with Crippen LogP contribution in [0.4, 0.5) is 14.5 Å². The normalized spacial score (nSPS) is 10.6. The Bertz CT molecular complexity index is 721. The Balaban J connectivity index is 2.64. The molecule has 1 aromatic carbocycles. The number of benzene rings is 1. The van der Waals surface area contributed by atoms with Crippen molar-refractivity contribution in [3.63, 3.8) is 0 Å². The Morgan fingerprint density at radius 2 is 2.00 bits per heavy atom. The van der Waals surface area contributed by atoms with Crippen molar-refractivity contribution in [3.8, 4) is 11.4 Å². The maximum atomic E-state index is 12.9. The minimum Gasteiger partial charge on any atom is -0.478 e. The molecule has 0 amide bonds. The third-order valence-corrected chi connectivity index (χ3v) is 2.60. The van der Waals surface area contributed by atoms with Crippen molar-refractivity contribution >= 4 is 11.7 Å². The summed E-state index contributed by atoms with van der Waals surface area (Å²) in [5.41, 5.74) is -2.15. The van der Waals surface area contributed by atoms with E-state index in [4.69, 9.17) is 5.11 Å². The number of nitro groups is 1. The van der Waals surface area contributed by atoms with Crippen LogP contribution in [0.3, 0.4) is 0 Å². The first kappa shape index (κ1) is 14.4. The van der Waals surface area contributed by atoms with Crippen molar-refractivity contribution in [3.05, 3.63) is 51.8 Å². The van der Waals surface area contributed by atoms with Gasteiger partial charge in [0.05, 0.1) is 10.5 Å². The molecule has 21 heavy (non-hydrogen) atoms. The van der Waals surface area contributed by atoms with Crippen LogP contribution in [0.1, 0.15) is 22.5 Å². The van der Waals surface area contributed by atoms with E-state index < -0.39 is 28.6 Å². The fourth-order valence-corrected chi connectivity index (χ4v) is 1.68. The van der Waals surface area contributed by atoms with Crippen LogP contribution in [0.2, 0.25) is 0 Å². The quantitative estimate of drug-likeness (QED) is 0.686. The predicted octanol–water partition coefficient (Wildman–Crippen LogP) is 2.69. The molecule has 9 heteroatoms. The van der Waals surface area contributed by atoms with Gasteiger partial charge in [0.15, 0.2) is 5.82 Å². The first-order valence-electron chi connectivity index (χ1n) is 5.54. The zero-order chi connectivity index (χ0) is 15.6. The lowest BCUT2D eigenvalue weighted by Gasteiger charge is -2.07. The Morgan fingerprint density at radius 1 is 1.33 bits per heavy atom. The van der Waals surface area contributed by atoms with Crippen LogP contribution in [0.5, 0.6) is 0 Å². The summed E-state index contributed by atoms with van der Waals surface area (Å²) >= 11 is 0. The SMILES string of the molecule is O=C(O)c1cnc(-c2ccccc2[N+](=O)[O-])nc1C(F)F. The number of nitrogens with zero attached hydrogens (tertiary/aromatic N) is 3. The first-order valence-corrected chi connectivity index (χ1v) is 5.54. The molecule has 0 atom stereocenters. The number of rotatable bonds is 4. The van der Waals surface area contributed by atoms with E-state index in [0.29, 0.717) is 6.20 Å². The summed E-state index contributed by atoms with van der Waals surface area (Å²) in [6.45, 7) is 0. The molecule has 0 saturated carbocycles. The van der Waals surface area contributed by atoms with Crippen LogP contribution in [0.25, 0.3) is 11.4 Å². The van der Waals surface area contributed by atoms with Crippen LogP contribution >= 0.6 is 0 Å². The molecule has 0 aliphatic heterocycles. The lowest BCUT2D eigenvalue weighted by atomic mass is 10.1. The van der Waals surface area contributed by atoms with Gasteiger partial charge in [-0.1, -0.05) is 12.1 Å². The topological polar surface area (TPSA) is 106 Å². The molecule has 0 aliphatic rings. The second-order valence-electron chi connectivity index (χ2n) is 3.87. The van der Waals surface area contributed by atoms with Crippen molar-refractivity contribution in [2.24, 2.45) is 0 Å². The molecule has 0 fully saturated rings. The van der Waals surface area contributed by atoms with Crippen LogP contribution in [-0.2, 0) is 0 Å². The van der Waals surface area contributed by atoms with Crippen LogP contribution < -0.4 is 0 Å². The average Bonchev–Trinajstić information content (AvgIpc) is 2.46. The summed E-state index contributed by atoms with van der Waals surface area (Å²) in [7, 11) is 0. The Kier molecular flexibility index (Phi) is 3.83. The van der Waals surface area contributed by atoms with E-state index in [1.165, 1.54) is 24.3 Å². The summed E-state index contributed by atoms with van der Waals surface area (Å²) in [5, 5.41) is 19.7. The molecular formula is C12H7F2N3O4. The first-order chi connectivity index (χ1) is 9.91. The fourth-order valence-electron chi connectivity index (χ4n) is 1.68. The fraction of sp³-hybridized carbons (Fsp3) is 0.0833. The molecule has 0 radical (unpaired) electrons. The van der Waals surface area contributed by atoms with Gasteiger partial charge in [0.1, 0.15) is 11.3 Å². The molecule has 0 unspecified atom stereocenters. The Morgan fingerprint density at radius 3 is 2.57 bits per heavy atom. The molecule has 0 saturated heterocycles. The summed E-state index contributed by atoms with van der Waals surface area (Å²) in [5.74, 6) is -1.93. The van der Waals surface area contributed by atoms with Crippen molar-refractivity contribution in [2.75, 3.05) is 0 Å². The average molecular weight is 295 g/mol. The molecule has 0 bridgehead atoms. The van der Waals surface area contributed by atoms with Gasteiger partial charge < -0.3 is 5.11 Å². The number of alkyl halides is 2. The molecule has 108 valence electrons. The van der Waals surface area contributed by atoms with Gasteiger partial charge in [-0.15, -0.1) is 0 Å². The monoisotopic (exact) mass is 295 g/mol. The van der Waals surface area contributed by atoms with E-state index in [-0.39, 0.29) is 17.1 Å². The van der Waals surface area contributed by atoms with E-state index in [1.54, 1.807) is 0 Å². The van der Waals surface area contributed by atoms with Gasteiger partial charge in [-0.25, -0.2) is 23.5 Å². The summed E-state index contributed by atoms with van der Waals surface area (Å²) < 4.78 is 25.7. The van der Waals surface area contributed by atoms with Gasteiger partial charge in [-0.2, -0.15) is 0 Å². The number of aromatic nitrogens is 2. The number of carbonyl (C=O) groups is 1. The molecule has 2 aromatic rings. The lowest BCUT2D eigenvalue weighted by Crippen LogP contribution is -2.08. The maximum absolute atomic E-state index is 12.9. The summed E-state index contributed by atoms with van der Waals surface area (Å²) in [6, 6.07) is 5.33. The highest BCUT2D eigenvalue weighted by molar-refractivity contribution is 5.89. The molecule has 7 nitrogen and oxygen atoms in total. The van der Waals surface area contributed by atoms with E-state index in [9.17, 15) is 23.7 Å². The number of halogens is 2. The number of carboxylic acid groups (broad SMARTS) is 1. The third kappa shape index (κ3) is 2.81. The molecule has 0 aliphatic carbocycles. The standard InChI is InChI=1S/C12H7F2N3O4/c13-10(14)9-7(12(18)19)5-15-11(16-9)6-3-1-2-4-8(6)17(20)21/h1-5,10H,(H,18,19). The minimum absolute atomic E-state index is 0.0682. The number of nitro benzene ring substituents is 1. The van der Waals surface area contributed by atoms with Gasteiger partial charge >= 0.3 is 5.97 Å². The van der Waals surface area contributed by atoms with Crippen molar-refractivity contribution < 1.29 is 23.6 Å². The zero-order valence-corrected chi connectivity index (χ0v) is 10.2. The lowest BCUT2D eigenvalue weighted by molar-refractivity contribution is -0.384. The second-order valence-corrected chi connectivity index (χ2v) is 3.87.